The topological polar surface area (TPSA) is 70.0 Å². The zero-order chi connectivity index (χ0) is 8.43. The van der Waals surface area contributed by atoms with E-state index in [0.29, 0.717) is 10.0 Å². The smallest absolute Gasteiger partial charge is 0.139 e. The Kier molecular flexibility index (Phi) is 2.01. The van der Waals surface area contributed by atoms with E-state index in [4.69, 9.17) is 16.1 Å². The molecular formula is C7H5BrN2O. The van der Waals surface area contributed by atoms with Gasteiger partial charge in [-0.15, -0.1) is 0 Å². The minimum atomic E-state index is -0.0650. The van der Waals surface area contributed by atoms with Gasteiger partial charge in [-0.1, -0.05) is 0 Å². The maximum absolute atomic E-state index is 9.06. The molecule has 56 valence electrons. The largest absolute Gasteiger partial charge is 0.506 e. The van der Waals surface area contributed by atoms with Gasteiger partial charge in [0.1, 0.15) is 11.8 Å². The Morgan fingerprint density at radius 1 is 1.55 bits per heavy atom. The molecule has 0 aliphatic heterocycles. The van der Waals surface area contributed by atoms with Gasteiger partial charge in [0.25, 0.3) is 0 Å². The average molecular weight is 213 g/mol. The van der Waals surface area contributed by atoms with Gasteiger partial charge in [0.2, 0.25) is 0 Å². The summed E-state index contributed by atoms with van der Waals surface area (Å²) < 4.78 is 0.593. The number of nitrogen functional groups attached to an aromatic ring is 1. The lowest BCUT2D eigenvalue weighted by Crippen LogP contribution is -1.87. The summed E-state index contributed by atoms with van der Waals surface area (Å²) in [5, 5.41) is 17.6. The fourth-order valence-electron chi connectivity index (χ4n) is 0.663. The molecule has 0 fully saturated rings. The van der Waals surface area contributed by atoms with Gasteiger partial charge in [-0.3, -0.25) is 0 Å². The molecule has 0 aromatic heterocycles. The number of nitriles is 1. The monoisotopic (exact) mass is 212 g/mol. The highest BCUT2D eigenvalue weighted by Gasteiger charge is 2.03. The Balaban J connectivity index is 3.35. The number of halogens is 1. The summed E-state index contributed by atoms with van der Waals surface area (Å²) in [7, 11) is 0. The van der Waals surface area contributed by atoms with E-state index in [9.17, 15) is 0 Å². The summed E-state index contributed by atoms with van der Waals surface area (Å²) in [4.78, 5) is 0. The number of hydrogen-bond donors (Lipinski definition) is 2. The lowest BCUT2D eigenvalue weighted by Gasteiger charge is -1.99. The third kappa shape index (κ3) is 1.44. The Morgan fingerprint density at radius 2 is 2.18 bits per heavy atom. The van der Waals surface area contributed by atoms with Gasteiger partial charge < -0.3 is 10.8 Å². The number of aromatic hydroxyl groups is 1. The molecule has 1 aromatic rings. The predicted molar refractivity (Wildman–Crippen MR) is 44.9 cm³/mol. The molecule has 1 aromatic carbocycles. The molecule has 0 radical (unpaired) electrons. The highest BCUT2D eigenvalue weighted by molar-refractivity contribution is 9.10. The molecule has 0 amide bonds. The molecule has 0 aliphatic carbocycles. The summed E-state index contributed by atoms with van der Waals surface area (Å²) >= 11 is 3.13. The molecule has 0 bridgehead atoms. The van der Waals surface area contributed by atoms with E-state index in [1.807, 2.05) is 6.07 Å². The van der Waals surface area contributed by atoms with Gasteiger partial charge in [0.15, 0.2) is 0 Å². The van der Waals surface area contributed by atoms with Crippen molar-refractivity contribution in [3.63, 3.8) is 0 Å². The Morgan fingerprint density at radius 3 is 2.73 bits per heavy atom. The zero-order valence-corrected chi connectivity index (χ0v) is 7.09. The van der Waals surface area contributed by atoms with Crippen LogP contribution >= 0.6 is 15.9 Å². The van der Waals surface area contributed by atoms with E-state index in [1.165, 1.54) is 12.1 Å². The molecule has 0 saturated carbocycles. The number of rotatable bonds is 0. The van der Waals surface area contributed by atoms with Gasteiger partial charge in [0, 0.05) is 10.5 Å². The number of hydrogen-bond acceptors (Lipinski definition) is 3. The van der Waals surface area contributed by atoms with Crippen LogP contribution in [0.2, 0.25) is 0 Å². The molecule has 4 heteroatoms. The SMILES string of the molecule is N#Cc1cc(O)c(N)cc1Br. The van der Waals surface area contributed by atoms with Crippen LogP contribution in [0, 0.1) is 11.3 Å². The minimum Gasteiger partial charge on any atom is -0.506 e. The van der Waals surface area contributed by atoms with Crippen molar-refractivity contribution in [1.29, 1.82) is 5.26 Å². The van der Waals surface area contributed by atoms with Crippen LogP contribution in [0.1, 0.15) is 5.56 Å². The van der Waals surface area contributed by atoms with Crippen LogP contribution in [-0.2, 0) is 0 Å². The van der Waals surface area contributed by atoms with Crippen LogP contribution in [-0.4, -0.2) is 5.11 Å². The minimum absolute atomic E-state index is 0.0650. The predicted octanol–water partition coefficient (Wildman–Crippen LogP) is 1.61. The number of phenols is 1. The van der Waals surface area contributed by atoms with Crippen molar-refractivity contribution in [3.8, 4) is 11.8 Å². The van der Waals surface area contributed by atoms with Gasteiger partial charge in [-0.2, -0.15) is 5.26 Å². The van der Waals surface area contributed by atoms with Gasteiger partial charge >= 0.3 is 0 Å². The molecule has 0 aliphatic rings. The van der Waals surface area contributed by atoms with Crippen molar-refractivity contribution in [3.05, 3.63) is 22.2 Å². The molecule has 0 unspecified atom stereocenters. The molecule has 11 heavy (non-hydrogen) atoms. The van der Waals surface area contributed by atoms with Crippen molar-refractivity contribution in [1.82, 2.24) is 0 Å². The maximum atomic E-state index is 9.06. The second-order valence-corrected chi connectivity index (χ2v) is 2.86. The standard InChI is InChI=1S/C7H5BrN2O/c8-5-2-6(10)7(11)1-4(5)3-9/h1-2,11H,10H2. The first kappa shape index (κ1) is 7.89. The highest BCUT2D eigenvalue weighted by atomic mass is 79.9. The van der Waals surface area contributed by atoms with Gasteiger partial charge in [-0.25, -0.2) is 0 Å². The highest BCUT2D eigenvalue weighted by Crippen LogP contribution is 2.27. The molecule has 0 saturated heterocycles. The van der Waals surface area contributed by atoms with E-state index in [0.717, 1.165) is 0 Å². The zero-order valence-electron chi connectivity index (χ0n) is 5.50. The fraction of sp³-hybridized carbons (Fsp3) is 0. The molecule has 3 nitrogen and oxygen atoms in total. The summed E-state index contributed by atoms with van der Waals surface area (Å²) in [6.45, 7) is 0. The number of benzene rings is 1. The van der Waals surface area contributed by atoms with Gasteiger partial charge in [-0.05, 0) is 22.0 Å². The second kappa shape index (κ2) is 2.81. The molecule has 1 rings (SSSR count). The first-order valence-corrected chi connectivity index (χ1v) is 3.62. The molecule has 3 N–H and O–H groups in total. The number of nitrogens with zero attached hydrogens (tertiary/aromatic N) is 1. The van der Waals surface area contributed by atoms with Crippen LogP contribution in [0.4, 0.5) is 5.69 Å². The molecular weight excluding hydrogens is 208 g/mol. The first-order valence-electron chi connectivity index (χ1n) is 2.83. The fourth-order valence-corrected chi connectivity index (χ4v) is 1.11. The normalized spacial score (nSPS) is 9.09. The Bertz CT molecular complexity index is 330. The number of phenolic OH excluding ortho intramolecular Hbond substituents is 1. The average Bonchev–Trinajstić information content (AvgIpc) is 1.97. The molecule has 0 spiro atoms. The summed E-state index contributed by atoms with van der Waals surface area (Å²) in [5.41, 5.74) is 5.99. The van der Waals surface area contributed by atoms with Crippen molar-refractivity contribution in [2.75, 3.05) is 5.73 Å². The second-order valence-electron chi connectivity index (χ2n) is 2.00. The number of anilines is 1. The summed E-state index contributed by atoms with van der Waals surface area (Å²) in [6, 6.07) is 4.71. The summed E-state index contributed by atoms with van der Waals surface area (Å²) in [5.74, 6) is -0.0650. The molecule has 0 atom stereocenters. The first-order chi connectivity index (χ1) is 5.15. The van der Waals surface area contributed by atoms with Crippen molar-refractivity contribution >= 4 is 21.6 Å². The van der Waals surface area contributed by atoms with E-state index in [2.05, 4.69) is 15.9 Å². The lowest BCUT2D eigenvalue weighted by atomic mass is 10.2. The van der Waals surface area contributed by atoms with Crippen LogP contribution in [0.3, 0.4) is 0 Å². The van der Waals surface area contributed by atoms with Crippen molar-refractivity contribution < 1.29 is 5.11 Å². The number of nitrogens with two attached hydrogens (primary N) is 1. The third-order valence-electron chi connectivity index (χ3n) is 1.24. The van der Waals surface area contributed by atoms with E-state index >= 15 is 0 Å². The van der Waals surface area contributed by atoms with Crippen LogP contribution in [0.15, 0.2) is 16.6 Å². The lowest BCUT2D eigenvalue weighted by molar-refractivity contribution is 0.477. The van der Waals surface area contributed by atoms with Gasteiger partial charge in [0.05, 0.1) is 11.3 Å². The van der Waals surface area contributed by atoms with E-state index in [-0.39, 0.29) is 11.4 Å². The summed E-state index contributed by atoms with van der Waals surface area (Å²) in [6.07, 6.45) is 0. The van der Waals surface area contributed by atoms with E-state index in [1.54, 1.807) is 0 Å². The third-order valence-corrected chi connectivity index (χ3v) is 1.89. The van der Waals surface area contributed by atoms with Crippen LogP contribution in [0.25, 0.3) is 0 Å². The Labute approximate surface area is 72.2 Å². The quantitative estimate of drug-likeness (QED) is 0.508. The molecule has 0 heterocycles. The van der Waals surface area contributed by atoms with Crippen molar-refractivity contribution in [2.45, 2.75) is 0 Å². The maximum Gasteiger partial charge on any atom is 0.139 e. The van der Waals surface area contributed by atoms with Crippen LogP contribution < -0.4 is 5.73 Å². The van der Waals surface area contributed by atoms with E-state index < -0.39 is 0 Å². The van der Waals surface area contributed by atoms with Crippen LogP contribution in [0.5, 0.6) is 5.75 Å². The Hall–Kier alpha value is -1.21. The van der Waals surface area contributed by atoms with Crippen molar-refractivity contribution in [2.24, 2.45) is 0 Å².